The number of hydrogen-bond acceptors (Lipinski definition) is 3. The molecule has 3 heteroatoms. The Morgan fingerprint density at radius 2 is 2.14 bits per heavy atom. The Balaban J connectivity index is 2.46. The largest absolute Gasteiger partial charge is 0.299 e. The van der Waals surface area contributed by atoms with E-state index in [2.05, 4.69) is 43.4 Å². The van der Waals surface area contributed by atoms with Crippen LogP contribution in [0.1, 0.15) is 19.5 Å². The molecular weight excluding hydrogens is 192 g/mol. The highest BCUT2D eigenvalue weighted by molar-refractivity contribution is 7.81. The van der Waals surface area contributed by atoms with Crippen LogP contribution in [0.2, 0.25) is 0 Å². The lowest BCUT2D eigenvalue weighted by molar-refractivity contribution is 0.300. The fourth-order valence-corrected chi connectivity index (χ4v) is 1.73. The van der Waals surface area contributed by atoms with E-state index in [4.69, 9.17) is 0 Å². The third kappa shape index (κ3) is 4.63. The molecule has 0 spiro atoms. The van der Waals surface area contributed by atoms with Gasteiger partial charge in [0.25, 0.3) is 0 Å². The zero-order valence-electron chi connectivity index (χ0n) is 9.07. The third-order valence-corrected chi connectivity index (χ3v) is 1.96. The number of thiol groups is 1. The molecule has 1 rings (SSSR count). The normalized spacial score (nSPS) is 12.1. The van der Waals surface area contributed by atoms with E-state index in [0.717, 1.165) is 18.8 Å². The molecule has 0 radical (unpaired) electrons. The van der Waals surface area contributed by atoms with Crippen LogP contribution in [0.5, 0.6) is 0 Å². The Bertz CT molecular complexity index is 266. The summed E-state index contributed by atoms with van der Waals surface area (Å²) < 4.78 is 0.0452. The summed E-state index contributed by atoms with van der Waals surface area (Å²) in [4.78, 5) is 6.51. The second-order valence-corrected chi connectivity index (χ2v) is 5.52. The van der Waals surface area contributed by atoms with E-state index in [1.807, 2.05) is 24.4 Å². The van der Waals surface area contributed by atoms with Gasteiger partial charge in [-0.05, 0) is 33.0 Å². The molecule has 0 unspecified atom stereocenters. The van der Waals surface area contributed by atoms with E-state index in [-0.39, 0.29) is 4.75 Å². The van der Waals surface area contributed by atoms with E-state index in [9.17, 15) is 0 Å². The Kier molecular flexibility index (Phi) is 3.96. The molecule has 1 aromatic rings. The lowest BCUT2D eigenvalue weighted by Gasteiger charge is -2.25. The van der Waals surface area contributed by atoms with Crippen molar-refractivity contribution in [2.45, 2.75) is 25.1 Å². The summed E-state index contributed by atoms with van der Waals surface area (Å²) in [5.41, 5.74) is 1.10. The Labute approximate surface area is 91.8 Å². The standard InChI is InChI=1S/C11H18N2S/c1-11(2,14)9-13(3)8-10-6-4-5-7-12-10/h4-7,14H,8-9H2,1-3H3. The summed E-state index contributed by atoms with van der Waals surface area (Å²) in [6.07, 6.45) is 1.83. The van der Waals surface area contributed by atoms with Crippen LogP contribution in [0.4, 0.5) is 0 Å². The summed E-state index contributed by atoms with van der Waals surface area (Å²) in [7, 11) is 2.09. The SMILES string of the molecule is CN(Cc1ccccn1)CC(C)(C)S. The van der Waals surface area contributed by atoms with Gasteiger partial charge in [-0.25, -0.2) is 0 Å². The fourth-order valence-electron chi connectivity index (χ4n) is 1.48. The second-order valence-electron chi connectivity index (χ2n) is 4.31. The van der Waals surface area contributed by atoms with Gasteiger partial charge in [-0.1, -0.05) is 6.07 Å². The van der Waals surface area contributed by atoms with Gasteiger partial charge in [0.2, 0.25) is 0 Å². The maximum atomic E-state index is 4.50. The number of aromatic nitrogens is 1. The van der Waals surface area contributed by atoms with E-state index in [0.29, 0.717) is 0 Å². The van der Waals surface area contributed by atoms with E-state index >= 15 is 0 Å². The van der Waals surface area contributed by atoms with Crippen molar-refractivity contribution in [2.24, 2.45) is 0 Å². The minimum Gasteiger partial charge on any atom is -0.299 e. The Morgan fingerprint density at radius 3 is 2.64 bits per heavy atom. The van der Waals surface area contributed by atoms with E-state index < -0.39 is 0 Å². The van der Waals surface area contributed by atoms with Crippen LogP contribution >= 0.6 is 12.6 Å². The quantitative estimate of drug-likeness (QED) is 0.767. The first-order chi connectivity index (χ1) is 6.47. The molecule has 0 N–H and O–H groups in total. The highest BCUT2D eigenvalue weighted by atomic mass is 32.1. The van der Waals surface area contributed by atoms with Crippen LogP contribution in [-0.2, 0) is 6.54 Å². The summed E-state index contributed by atoms with van der Waals surface area (Å²) in [5, 5.41) is 0. The van der Waals surface area contributed by atoms with Gasteiger partial charge < -0.3 is 0 Å². The van der Waals surface area contributed by atoms with Crippen molar-refractivity contribution in [2.75, 3.05) is 13.6 Å². The van der Waals surface area contributed by atoms with Crippen molar-refractivity contribution < 1.29 is 0 Å². The van der Waals surface area contributed by atoms with Gasteiger partial charge in [-0.2, -0.15) is 12.6 Å². The van der Waals surface area contributed by atoms with E-state index in [1.165, 1.54) is 0 Å². The monoisotopic (exact) mass is 210 g/mol. The maximum absolute atomic E-state index is 4.50. The molecule has 0 bridgehead atoms. The van der Waals surface area contributed by atoms with Crippen molar-refractivity contribution in [1.29, 1.82) is 0 Å². The summed E-state index contributed by atoms with van der Waals surface area (Å²) in [5.74, 6) is 0. The highest BCUT2D eigenvalue weighted by Gasteiger charge is 2.14. The molecule has 78 valence electrons. The minimum atomic E-state index is 0.0452. The van der Waals surface area contributed by atoms with Gasteiger partial charge in [-0.15, -0.1) is 0 Å². The molecule has 2 nitrogen and oxygen atoms in total. The summed E-state index contributed by atoms with van der Waals surface area (Å²) in [6.45, 7) is 6.06. The van der Waals surface area contributed by atoms with Crippen LogP contribution in [0.3, 0.4) is 0 Å². The van der Waals surface area contributed by atoms with Gasteiger partial charge >= 0.3 is 0 Å². The molecule has 0 saturated carbocycles. The predicted molar refractivity (Wildman–Crippen MR) is 63.6 cm³/mol. The van der Waals surface area contributed by atoms with E-state index in [1.54, 1.807) is 0 Å². The van der Waals surface area contributed by atoms with Crippen LogP contribution in [0.15, 0.2) is 24.4 Å². The third-order valence-electron chi connectivity index (χ3n) is 1.81. The van der Waals surface area contributed by atoms with Gasteiger partial charge in [0.1, 0.15) is 0 Å². The molecule has 14 heavy (non-hydrogen) atoms. The van der Waals surface area contributed by atoms with Crippen LogP contribution in [0.25, 0.3) is 0 Å². The molecule has 1 heterocycles. The minimum absolute atomic E-state index is 0.0452. The molecule has 0 amide bonds. The van der Waals surface area contributed by atoms with Crippen LogP contribution in [0, 0.1) is 0 Å². The van der Waals surface area contributed by atoms with Gasteiger partial charge in [-0.3, -0.25) is 9.88 Å². The summed E-state index contributed by atoms with van der Waals surface area (Å²) in [6, 6.07) is 6.00. The molecule has 0 fully saturated rings. The zero-order valence-corrected chi connectivity index (χ0v) is 9.96. The number of hydrogen-bond donors (Lipinski definition) is 1. The molecule has 0 aliphatic heterocycles. The molecule has 1 aromatic heterocycles. The average molecular weight is 210 g/mol. The molecule has 0 aliphatic carbocycles. The lowest BCUT2D eigenvalue weighted by atomic mass is 10.2. The van der Waals surface area contributed by atoms with Crippen molar-refractivity contribution >= 4 is 12.6 Å². The Morgan fingerprint density at radius 1 is 1.43 bits per heavy atom. The highest BCUT2D eigenvalue weighted by Crippen LogP contribution is 2.13. The number of pyridine rings is 1. The lowest BCUT2D eigenvalue weighted by Crippen LogP contribution is -2.32. The first-order valence-electron chi connectivity index (χ1n) is 4.78. The molecule has 0 aromatic carbocycles. The topological polar surface area (TPSA) is 16.1 Å². The number of nitrogens with zero attached hydrogens (tertiary/aromatic N) is 2. The van der Waals surface area contributed by atoms with Crippen molar-refractivity contribution in [1.82, 2.24) is 9.88 Å². The number of rotatable bonds is 4. The second kappa shape index (κ2) is 4.80. The first-order valence-corrected chi connectivity index (χ1v) is 5.23. The molecular formula is C11H18N2S. The van der Waals surface area contributed by atoms with Gasteiger partial charge in [0.15, 0.2) is 0 Å². The average Bonchev–Trinajstić information content (AvgIpc) is 2.02. The van der Waals surface area contributed by atoms with Crippen LogP contribution in [-0.4, -0.2) is 28.2 Å². The van der Waals surface area contributed by atoms with Gasteiger partial charge in [0, 0.05) is 24.0 Å². The molecule has 0 aliphatic rings. The molecule has 0 saturated heterocycles. The van der Waals surface area contributed by atoms with Crippen LogP contribution < -0.4 is 0 Å². The van der Waals surface area contributed by atoms with Crippen molar-refractivity contribution in [3.05, 3.63) is 30.1 Å². The Hall–Kier alpha value is -0.540. The summed E-state index contributed by atoms with van der Waals surface area (Å²) >= 11 is 4.50. The van der Waals surface area contributed by atoms with Crippen molar-refractivity contribution in [3.8, 4) is 0 Å². The first kappa shape index (κ1) is 11.5. The smallest absolute Gasteiger partial charge is 0.0543 e. The van der Waals surface area contributed by atoms with Crippen molar-refractivity contribution in [3.63, 3.8) is 0 Å². The fraction of sp³-hybridized carbons (Fsp3) is 0.545. The molecule has 0 atom stereocenters. The maximum Gasteiger partial charge on any atom is 0.0543 e. The zero-order chi connectivity index (χ0) is 10.6. The van der Waals surface area contributed by atoms with Gasteiger partial charge in [0.05, 0.1) is 5.69 Å². The predicted octanol–water partition coefficient (Wildman–Crippen LogP) is 2.22.